The van der Waals surface area contributed by atoms with Crippen molar-refractivity contribution >= 4 is 22.0 Å². The van der Waals surface area contributed by atoms with Gasteiger partial charge in [0.2, 0.25) is 15.9 Å². The molecule has 0 bridgehead atoms. The highest BCUT2D eigenvalue weighted by atomic mass is 32.2. The van der Waals surface area contributed by atoms with E-state index >= 15 is 0 Å². The highest BCUT2D eigenvalue weighted by Gasteiger charge is 2.26. The van der Waals surface area contributed by atoms with E-state index in [0.29, 0.717) is 11.4 Å². The maximum Gasteiger partial charge on any atom is 0.324 e. The summed E-state index contributed by atoms with van der Waals surface area (Å²) in [5.41, 5.74) is 1.26. The SMILES string of the molecule is CC(F)COc1cccc(S(=O)(=O)NCc2ccc(CN3CC(=O)NC3=O)[nH]2)c1. The van der Waals surface area contributed by atoms with Crippen molar-refractivity contribution in [2.75, 3.05) is 13.2 Å². The van der Waals surface area contributed by atoms with Crippen LogP contribution in [0.15, 0.2) is 41.3 Å². The average molecular weight is 424 g/mol. The second-order valence-corrected chi connectivity index (χ2v) is 8.38. The number of nitrogens with zero attached hydrogens (tertiary/aromatic N) is 1. The predicted molar refractivity (Wildman–Crippen MR) is 101 cm³/mol. The predicted octanol–water partition coefficient (Wildman–Crippen LogP) is 1.28. The molecule has 1 atom stereocenters. The van der Waals surface area contributed by atoms with Gasteiger partial charge in [0.05, 0.1) is 18.0 Å². The van der Waals surface area contributed by atoms with Gasteiger partial charge in [-0.15, -0.1) is 0 Å². The number of carbonyl (C=O) groups excluding carboxylic acids is 2. The molecule has 29 heavy (non-hydrogen) atoms. The van der Waals surface area contributed by atoms with E-state index in [9.17, 15) is 22.4 Å². The maximum absolute atomic E-state index is 12.9. The van der Waals surface area contributed by atoms with Gasteiger partial charge in [-0.25, -0.2) is 22.3 Å². The second-order valence-electron chi connectivity index (χ2n) is 6.61. The second kappa shape index (κ2) is 8.62. The van der Waals surface area contributed by atoms with E-state index in [-0.39, 0.29) is 42.8 Å². The van der Waals surface area contributed by atoms with Crippen LogP contribution in [0, 0.1) is 0 Å². The van der Waals surface area contributed by atoms with Gasteiger partial charge in [-0.05, 0) is 31.2 Å². The Kier molecular flexibility index (Phi) is 6.18. The van der Waals surface area contributed by atoms with E-state index in [1.807, 2.05) is 0 Å². The minimum atomic E-state index is -3.81. The largest absolute Gasteiger partial charge is 0.491 e. The minimum Gasteiger partial charge on any atom is -0.491 e. The molecule has 156 valence electrons. The Balaban J connectivity index is 1.59. The molecule has 2 aromatic rings. The van der Waals surface area contributed by atoms with Gasteiger partial charge in [-0.3, -0.25) is 10.1 Å². The van der Waals surface area contributed by atoms with E-state index in [4.69, 9.17) is 4.74 Å². The Morgan fingerprint density at radius 3 is 2.69 bits per heavy atom. The summed E-state index contributed by atoms with van der Waals surface area (Å²) in [6.45, 7) is 1.37. The quantitative estimate of drug-likeness (QED) is 0.524. The van der Waals surface area contributed by atoms with Crippen LogP contribution < -0.4 is 14.8 Å². The van der Waals surface area contributed by atoms with Crippen molar-refractivity contribution in [3.05, 3.63) is 47.8 Å². The first kappa shape index (κ1) is 20.8. The van der Waals surface area contributed by atoms with Crippen molar-refractivity contribution in [3.63, 3.8) is 0 Å². The third-order valence-corrected chi connectivity index (χ3v) is 5.48. The molecule has 3 amide bonds. The zero-order valence-corrected chi connectivity index (χ0v) is 16.5. The zero-order valence-electron chi connectivity index (χ0n) is 15.6. The number of aromatic amines is 1. The Morgan fingerprint density at radius 1 is 1.24 bits per heavy atom. The summed E-state index contributed by atoms with van der Waals surface area (Å²) in [6.07, 6.45) is -1.17. The number of nitrogens with one attached hydrogen (secondary N) is 3. The molecule has 1 aliphatic rings. The molecule has 1 unspecified atom stereocenters. The fourth-order valence-electron chi connectivity index (χ4n) is 2.70. The number of benzene rings is 1. The summed E-state index contributed by atoms with van der Waals surface area (Å²) in [4.78, 5) is 27.2. The lowest BCUT2D eigenvalue weighted by Gasteiger charge is -2.11. The molecule has 1 fully saturated rings. The van der Waals surface area contributed by atoms with Crippen molar-refractivity contribution < 1.29 is 27.1 Å². The first-order chi connectivity index (χ1) is 13.7. The van der Waals surface area contributed by atoms with Crippen LogP contribution in [0.25, 0.3) is 0 Å². The van der Waals surface area contributed by atoms with Crippen LogP contribution in [-0.4, -0.2) is 49.6 Å². The van der Waals surface area contributed by atoms with Crippen molar-refractivity contribution in [2.24, 2.45) is 0 Å². The van der Waals surface area contributed by atoms with Gasteiger partial charge in [0.15, 0.2) is 0 Å². The van der Waals surface area contributed by atoms with Gasteiger partial charge in [-0.2, -0.15) is 0 Å². The lowest BCUT2D eigenvalue weighted by Crippen LogP contribution is -2.28. The molecule has 9 nitrogen and oxygen atoms in total. The van der Waals surface area contributed by atoms with E-state index in [0.717, 1.165) is 0 Å². The normalized spacial score (nSPS) is 15.4. The number of sulfonamides is 1. The number of aromatic nitrogens is 1. The Bertz CT molecular complexity index is 1010. The maximum atomic E-state index is 12.9. The molecule has 0 radical (unpaired) electrons. The number of carbonyl (C=O) groups is 2. The molecule has 3 N–H and O–H groups in total. The summed E-state index contributed by atoms with van der Waals surface area (Å²) in [6, 6.07) is 8.75. The Hall–Kier alpha value is -2.92. The lowest BCUT2D eigenvalue weighted by molar-refractivity contribution is -0.118. The first-order valence-electron chi connectivity index (χ1n) is 8.85. The first-order valence-corrected chi connectivity index (χ1v) is 10.3. The van der Waals surface area contributed by atoms with Gasteiger partial charge in [0, 0.05) is 17.5 Å². The summed E-state index contributed by atoms with van der Waals surface area (Å²) in [5.74, 6) is -0.0975. The monoisotopic (exact) mass is 424 g/mol. The molecule has 1 saturated heterocycles. The molecule has 1 aromatic carbocycles. The van der Waals surface area contributed by atoms with Gasteiger partial charge < -0.3 is 14.6 Å². The van der Waals surface area contributed by atoms with Crippen LogP contribution >= 0.6 is 0 Å². The van der Waals surface area contributed by atoms with Gasteiger partial charge >= 0.3 is 6.03 Å². The number of halogens is 1. The topological polar surface area (TPSA) is 121 Å². The van der Waals surface area contributed by atoms with E-state index in [1.165, 1.54) is 30.0 Å². The number of imide groups is 1. The smallest absolute Gasteiger partial charge is 0.324 e. The van der Waals surface area contributed by atoms with Crippen LogP contribution in [0.3, 0.4) is 0 Å². The molecule has 3 rings (SSSR count). The van der Waals surface area contributed by atoms with E-state index in [1.54, 1.807) is 18.2 Å². The standard InChI is InChI=1S/C18H21FN4O5S/c1-12(19)11-28-15-3-2-4-16(7-15)29(26,27)20-8-13-5-6-14(21-13)9-23-10-17(24)22-18(23)25/h2-7,12,20-21H,8-11H2,1H3,(H,22,24,25). The minimum absolute atomic E-state index is 0.0000587. The van der Waals surface area contributed by atoms with Gasteiger partial charge in [-0.1, -0.05) is 6.07 Å². The third-order valence-electron chi connectivity index (χ3n) is 4.08. The van der Waals surface area contributed by atoms with Crippen molar-refractivity contribution in [1.29, 1.82) is 0 Å². The number of amides is 3. The van der Waals surface area contributed by atoms with Crippen LogP contribution in [0.4, 0.5) is 9.18 Å². The van der Waals surface area contributed by atoms with Crippen molar-refractivity contribution in [2.45, 2.75) is 31.1 Å². The van der Waals surface area contributed by atoms with Gasteiger partial charge in [0.1, 0.15) is 25.1 Å². The molecule has 1 aromatic heterocycles. The number of hydrogen-bond acceptors (Lipinski definition) is 5. The number of ether oxygens (including phenoxy) is 1. The molecule has 0 spiro atoms. The van der Waals surface area contributed by atoms with Gasteiger partial charge in [0.25, 0.3) is 0 Å². The lowest BCUT2D eigenvalue weighted by atomic mass is 10.3. The zero-order chi connectivity index (χ0) is 21.0. The number of rotatable bonds is 9. The molecule has 2 heterocycles. The highest BCUT2D eigenvalue weighted by molar-refractivity contribution is 7.89. The fourth-order valence-corrected chi connectivity index (χ4v) is 3.74. The third kappa shape index (κ3) is 5.55. The number of alkyl halides is 1. The van der Waals surface area contributed by atoms with Crippen molar-refractivity contribution in [1.82, 2.24) is 19.9 Å². The van der Waals surface area contributed by atoms with Crippen LogP contribution in [0.2, 0.25) is 0 Å². The number of H-pyrrole nitrogens is 1. The van der Waals surface area contributed by atoms with Crippen LogP contribution in [0.5, 0.6) is 5.75 Å². The molecule has 0 saturated carbocycles. The summed E-state index contributed by atoms with van der Waals surface area (Å²) < 4.78 is 45.6. The Labute approximate surface area is 167 Å². The summed E-state index contributed by atoms with van der Waals surface area (Å²) in [5, 5.41) is 2.19. The molecular formula is C18H21FN4O5S. The number of urea groups is 1. The fraction of sp³-hybridized carbons (Fsp3) is 0.333. The van der Waals surface area contributed by atoms with E-state index < -0.39 is 22.2 Å². The molecule has 11 heteroatoms. The van der Waals surface area contributed by atoms with E-state index in [2.05, 4.69) is 15.0 Å². The summed E-state index contributed by atoms with van der Waals surface area (Å²) >= 11 is 0. The van der Waals surface area contributed by atoms with Crippen LogP contribution in [-0.2, 0) is 27.9 Å². The Morgan fingerprint density at radius 2 is 2.00 bits per heavy atom. The van der Waals surface area contributed by atoms with Crippen molar-refractivity contribution in [3.8, 4) is 5.75 Å². The number of hydrogen-bond donors (Lipinski definition) is 3. The average Bonchev–Trinajstić information content (AvgIpc) is 3.24. The molecule has 0 aliphatic carbocycles. The highest BCUT2D eigenvalue weighted by Crippen LogP contribution is 2.18. The molecule has 1 aliphatic heterocycles. The summed E-state index contributed by atoms with van der Waals surface area (Å²) in [7, 11) is -3.81. The van der Waals surface area contributed by atoms with Crippen LogP contribution in [0.1, 0.15) is 18.3 Å². The molecular weight excluding hydrogens is 403 g/mol.